The Balaban J connectivity index is 1.56. The van der Waals surface area contributed by atoms with Crippen LogP contribution < -0.4 is 21.3 Å². The average Bonchev–Trinajstić information content (AvgIpc) is 2.75. The lowest BCUT2D eigenvalue weighted by Crippen LogP contribution is -2.55. The molecule has 1 aromatic carbocycles. The van der Waals surface area contributed by atoms with E-state index in [-0.39, 0.29) is 16.3 Å². The van der Waals surface area contributed by atoms with Crippen molar-refractivity contribution in [1.29, 1.82) is 0 Å². The Morgan fingerprint density at radius 2 is 2.09 bits per heavy atom. The number of amides is 1. The Labute approximate surface area is 193 Å². The third kappa shape index (κ3) is 3.44. The van der Waals surface area contributed by atoms with Gasteiger partial charge in [-0.15, -0.1) is 0 Å². The van der Waals surface area contributed by atoms with E-state index in [1.807, 2.05) is 0 Å². The number of hydrogen-bond donors (Lipinski definition) is 3. The number of carbonyl (C=O) groups is 1. The third-order valence-corrected chi connectivity index (χ3v) is 7.22. The Bertz CT molecular complexity index is 1400. The van der Waals surface area contributed by atoms with Gasteiger partial charge in [-0.1, -0.05) is 0 Å². The predicted octanol–water partition coefficient (Wildman–Crippen LogP) is 2.55. The molecule has 178 valence electrons. The number of phenols is 1. The summed E-state index contributed by atoms with van der Waals surface area (Å²) in [4.78, 5) is 46.6. The molecular weight excluding hydrogens is 443 g/mol. The number of fused-ring (bicyclic) bond motifs is 1. The molecule has 2 atom stereocenters. The van der Waals surface area contributed by atoms with Crippen LogP contribution in [0.1, 0.15) is 50.4 Å². The van der Waals surface area contributed by atoms with Gasteiger partial charge in [-0.25, -0.2) is 13.8 Å². The lowest BCUT2D eigenvalue weighted by Gasteiger charge is -2.63. The molecule has 2 bridgehead atoms. The molecule has 6 rings (SSSR count). The number of carbonyl (C=O) groups excluding carboxylic acids is 1. The molecule has 34 heavy (non-hydrogen) atoms. The van der Waals surface area contributed by atoms with Crippen LogP contribution in [0.4, 0.5) is 4.39 Å². The molecule has 1 amide bonds. The quantitative estimate of drug-likeness (QED) is 0.489. The van der Waals surface area contributed by atoms with Gasteiger partial charge in [-0.2, -0.15) is 0 Å². The minimum absolute atomic E-state index is 0.00131. The van der Waals surface area contributed by atoms with Crippen molar-refractivity contribution < 1.29 is 19.0 Å². The Morgan fingerprint density at radius 1 is 1.35 bits per heavy atom. The Morgan fingerprint density at radius 3 is 2.74 bits per heavy atom. The number of aromatic nitrogens is 3. The summed E-state index contributed by atoms with van der Waals surface area (Å²) in [6.45, 7) is 1.73. The number of aromatic amines is 1. The number of ether oxygens (including phenoxy) is 1. The first kappa shape index (κ1) is 22.1. The number of aromatic hydroxyl groups is 1. The van der Waals surface area contributed by atoms with Gasteiger partial charge in [0.25, 0.3) is 5.56 Å². The van der Waals surface area contributed by atoms with Crippen LogP contribution in [0.3, 0.4) is 0 Å². The highest BCUT2D eigenvalue weighted by Gasteiger charge is 2.57. The van der Waals surface area contributed by atoms with Crippen molar-refractivity contribution in [3.63, 3.8) is 0 Å². The van der Waals surface area contributed by atoms with E-state index >= 15 is 0 Å². The second kappa shape index (κ2) is 7.96. The molecule has 2 aromatic heterocycles. The zero-order valence-electron chi connectivity index (χ0n) is 18.8. The van der Waals surface area contributed by atoms with Gasteiger partial charge in [0.05, 0.1) is 18.7 Å². The largest absolute Gasteiger partial charge is 0.504 e. The smallest absolute Gasteiger partial charge is 0.329 e. The zero-order chi connectivity index (χ0) is 24.2. The number of rotatable bonds is 7. The number of nitrogens with zero attached hydrogens (tertiary/aromatic N) is 2. The second-order valence-corrected chi connectivity index (χ2v) is 9.44. The summed E-state index contributed by atoms with van der Waals surface area (Å²) in [6, 6.07) is 3.90. The van der Waals surface area contributed by atoms with Crippen molar-refractivity contribution in [2.24, 2.45) is 11.3 Å². The van der Waals surface area contributed by atoms with E-state index in [2.05, 4.69) is 15.3 Å². The average molecular weight is 468 g/mol. The Kier molecular flexibility index (Phi) is 5.18. The van der Waals surface area contributed by atoms with Crippen LogP contribution >= 0.6 is 0 Å². The molecule has 0 aliphatic heterocycles. The van der Waals surface area contributed by atoms with Crippen molar-refractivity contribution in [3.8, 4) is 11.5 Å². The third-order valence-electron chi connectivity index (χ3n) is 7.22. The van der Waals surface area contributed by atoms with Gasteiger partial charge in [-0.05, 0) is 68.2 Å². The molecule has 0 unspecified atom stereocenters. The summed E-state index contributed by atoms with van der Waals surface area (Å²) >= 11 is 0. The van der Waals surface area contributed by atoms with Crippen LogP contribution in [-0.2, 0) is 4.79 Å². The molecule has 2 heterocycles. The maximum Gasteiger partial charge on any atom is 0.329 e. The number of phenolic OH excluding ortho intramolecular Hbond substituents is 1. The highest BCUT2D eigenvalue weighted by atomic mass is 19.1. The number of halogens is 1. The first-order chi connectivity index (χ1) is 16.2. The summed E-state index contributed by atoms with van der Waals surface area (Å²) in [5, 5.41) is 12.7. The van der Waals surface area contributed by atoms with Crippen molar-refractivity contribution >= 4 is 16.8 Å². The standard InChI is InChI=1S/C24H25FN4O5/c1-12(19-17(34-2)4-3-7-26-19)27-21(31)16(11-24-8-13(9-24)10-24)29-22(32)18-15(28-23(29)33)6-5-14(25)20(18)30/h3-7,12-13,16,30H,8-11H2,1-2H3,(H,27,31)(H,28,33)/t12-,13?,16-,24?/m1/s1. The van der Waals surface area contributed by atoms with Crippen molar-refractivity contribution in [3.05, 3.63) is 62.8 Å². The van der Waals surface area contributed by atoms with Gasteiger partial charge >= 0.3 is 5.69 Å². The number of hydrogen-bond acceptors (Lipinski definition) is 6. The molecule has 10 heteroatoms. The maximum absolute atomic E-state index is 14.0. The first-order valence-corrected chi connectivity index (χ1v) is 11.2. The highest BCUT2D eigenvalue weighted by molar-refractivity contribution is 5.85. The molecule has 9 nitrogen and oxygen atoms in total. The van der Waals surface area contributed by atoms with E-state index in [0.717, 1.165) is 29.9 Å². The SMILES string of the molecule is COc1cccnc1[C@@H](C)NC(=O)[C@@H](CC12CC(C1)C2)n1c(=O)[nH]c2ccc(F)c(O)c2c1=O. The van der Waals surface area contributed by atoms with Crippen molar-refractivity contribution in [2.45, 2.75) is 44.7 Å². The highest BCUT2D eigenvalue weighted by Crippen LogP contribution is 2.67. The van der Waals surface area contributed by atoms with Gasteiger partial charge in [-0.3, -0.25) is 14.6 Å². The van der Waals surface area contributed by atoms with Crippen LogP contribution in [0.15, 0.2) is 40.1 Å². The molecule has 3 N–H and O–H groups in total. The monoisotopic (exact) mass is 468 g/mol. The number of pyridine rings is 1. The van der Waals surface area contributed by atoms with Crippen LogP contribution in [-0.4, -0.2) is 32.7 Å². The van der Waals surface area contributed by atoms with Crippen LogP contribution in [0.25, 0.3) is 10.9 Å². The molecule has 0 saturated heterocycles. The summed E-state index contributed by atoms with van der Waals surface area (Å²) in [5.41, 5.74) is -1.30. The number of methoxy groups -OCH3 is 1. The minimum atomic E-state index is -1.14. The molecular formula is C24H25FN4O5. The molecule has 0 radical (unpaired) electrons. The van der Waals surface area contributed by atoms with Gasteiger partial charge in [0.2, 0.25) is 5.91 Å². The first-order valence-electron chi connectivity index (χ1n) is 11.2. The topological polar surface area (TPSA) is 126 Å². The van der Waals surface area contributed by atoms with Crippen LogP contribution in [0.5, 0.6) is 11.5 Å². The van der Waals surface area contributed by atoms with Gasteiger partial charge < -0.3 is 20.1 Å². The van der Waals surface area contributed by atoms with E-state index in [4.69, 9.17) is 4.74 Å². The van der Waals surface area contributed by atoms with E-state index in [1.165, 1.54) is 13.2 Å². The summed E-state index contributed by atoms with van der Waals surface area (Å²) in [7, 11) is 1.50. The number of benzene rings is 1. The van der Waals surface area contributed by atoms with E-state index < -0.39 is 40.8 Å². The molecule has 3 aliphatic carbocycles. The predicted molar refractivity (Wildman–Crippen MR) is 121 cm³/mol. The molecule has 3 aliphatic rings. The van der Waals surface area contributed by atoms with Gasteiger partial charge in [0.15, 0.2) is 11.6 Å². The van der Waals surface area contributed by atoms with Gasteiger partial charge in [0, 0.05) is 6.20 Å². The lowest BCUT2D eigenvalue weighted by atomic mass is 9.43. The molecule has 0 spiro atoms. The Hall–Kier alpha value is -3.69. The number of nitrogens with one attached hydrogen (secondary N) is 2. The number of H-pyrrole nitrogens is 1. The molecule has 3 saturated carbocycles. The van der Waals surface area contributed by atoms with E-state index in [0.29, 0.717) is 23.8 Å². The fraction of sp³-hybridized carbons (Fsp3) is 0.417. The fourth-order valence-electron chi connectivity index (χ4n) is 5.46. The van der Waals surface area contributed by atoms with Crippen LogP contribution in [0.2, 0.25) is 0 Å². The van der Waals surface area contributed by atoms with Gasteiger partial charge in [0.1, 0.15) is 22.9 Å². The molecule has 3 fully saturated rings. The zero-order valence-corrected chi connectivity index (χ0v) is 18.8. The van der Waals surface area contributed by atoms with Crippen molar-refractivity contribution in [2.75, 3.05) is 7.11 Å². The van der Waals surface area contributed by atoms with E-state index in [9.17, 15) is 23.9 Å². The van der Waals surface area contributed by atoms with Crippen LogP contribution in [0, 0.1) is 17.2 Å². The summed E-state index contributed by atoms with van der Waals surface area (Å²) < 4.78 is 20.1. The maximum atomic E-state index is 14.0. The summed E-state index contributed by atoms with van der Waals surface area (Å²) in [5.74, 6) is -1.26. The second-order valence-electron chi connectivity index (χ2n) is 9.44. The van der Waals surface area contributed by atoms with Crippen molar-refractivity contribution in [1.82, 2.24) is 19.9 Å². The van der Waals surface area contributed by atoms with E-state index in [1.54, 1.807) is 25.3 Å². The fourth-order valence-corrected chi connectivity index (χ4v) is 5.46. The minimum Gasteiger partial charge on any atom is -0.504 e. The summed E-state index contributed by atoms with van der Waals surface area (Å²) in [6.07, 6.45) is 4.71. The molecule has 3 aromatic rings. The normalized spacial score (nSPS) is 22.4. The lowest BCUT2D eigenvalue weighted by molar-refractivity contribution is -0.140.